The predicted molar refractivity (Wildman–Crippen MR) is 158 cm³/mol. The maximum Gasteiger partial charge on any atom is 0.252 e. The van der Waals surface area contributed by atoms with Crippen LogP contribution in [0.4, 0.5) is 0 Å². The molecule has 0 spiro atoms. The molecule has 4 aromatic rings. The summed E-state index contributed by atoms with van der Waals surface area (Å²) in [5, 5.41) is 14.2. The zero-order valence-corrected chi connectivity index (χ0v) is 24.3. The third-order valence-electron chi connectivity index (χ3n) is 6.55. The Balaban J connectivity index is 1.43. The Morgan fingerprint density at radius 2 is 1.68 bits per heavy atom. The molecule has 1 aromatic heterocycles. The lowest BCUT2D eigenvalue weighted by Crippen LogP contribution is -2.43. The van der Waals surface area contributed by atoms with Gasteiger partial charge in [-0.1, -0.05) is 60.1 Å². The summed E-state index contributed by atoms with van der Waals surface area (Å²) in [6, 6.07) is 23.4. The number of hydrogen-bond donors (Lipinski definition) is 3. The van der Waals surface area contributed by atoms with E-state index in [1.54, 1.807) is 42.6 Å². The summed E-state index contributed by atoms with van der Waals surface area (Å²) in [6.45, 7) is 4.50. The minimum atomic E-state index is -3.92. The molecule has 0 saturated carbocycles. The van der Waals surface area contributed by atoms with Crippen LogP contribution >= 0.6 is 11.6 Å². The maximum atomic E-state index is 13.4. The van der Waals surface area contributed by atoms with Crippen LogP contribution in [0.15, 0.2) is 101 Å². The summed E-state index contributed by atoms with van der Waals surface area (Å²) in [4.78, 5) is 16.2. The van der Waals surface area contributed by atoms with Crippen LogP contribution < -0.4 is 15.8 Å². The normalized spacial score (nSPS) is 12.6. The van der Waals surface area contributed by atoms with Gasteiger partial charge in [0.2, 0.25) is 9.84 Å². The molecule has 0 radical (unpaired) electrons. The van der Waals surface area contributed by atoms with E-state index >= 15 is 0 Å². The molecule has 8 nitrogen and oxygen atoms in total. The van der Waals surface area contributed by atoms with Crippen molar-refractivity contribution in [1.29, 1.82) is 0 Å². The second-order valence-electron chi connectivity index (χ2n) is 10.3. The lowest BCUT2D eigenvalue weighted by molar-refractivity contribution is 0.0995. The average Bonchev–Trinajstić information content (AvgIpc) is 2.95. The molecule has 0 fully saturated rings. The molecule has 214 valence electrons. The Bertz CT molecular complexity index is 1590. The highest BCUT2D eigenvalue weighted by Gasteiger charge is 2.23. The number of aromatic nitrogens is 1. The zero-order chi connectivity index (χ0) is 29.6. The minimum Gasteiger partial charge on any atom is -0.488 e. The number of ether oxygens (including phenoxy) is 1. The van der Waals surface area contributed by atoms with Gasteiger partial charge in [-0.25, -0.2) is 13.4 Å². The number of β-amino-alcohol motifs (C(OH)–C–C–N with tert-alkyl or cyclic N) is 1. The van der Waals surface area contributed by atoms with E-state index in [1.165, 1.54) is 18.2 Å². The second-order valence-corrected chi connectivity index (χ2v) is 12.7. The molecule has 0 bridgehead atoms. The molecular formula is C31H32ClN3O5S. The molecule has 1 heterocycles. The highest BCUT2D eigenvalue weighted by Crippen LogP contribution is 2.28. The van der Waals surface area contributed by atoms with Gasteiger partial charge < -0.3 is 20.9 Å². The van der Waals surface area contributed by atoms with Crippen LogP contribution in [0.5, 0.6) is 5.75 Å². The first-order valence-corrected chi connectivity index (χ1v) is 14.8. The fourth-order valence-corrected chi connectivity index (χ4v) is 5.70. The quantitative estimate of drug-likeness (QED) is 0.199. The second kappa shape index (κ2) is 12.8. The van der Waals surface area contributed by atoms with Crippen LogP contribution in [0.25, 0.3) is 0 Å². The Kier molecular flexibility index (Phi) is 9.45. The van der Waals surface area contributed by atoms with Crippen molar-refractivity contribution in [2.75, 3.05) is 6.54 Å². The molecule has 0 aliphatic rings. The summed E-state index contributed by atoms with van der Waals surface area (Å²) >= 11 is 5.82. The summed E-state index contributed by atoms with van der Waals surface area (Å²) in [5.74, 6) is -0.574. The van der Waals surface area contributed by atoms with Gasteiger partial charge in [-0.15, -0.1) is 0 Å². The number of aliphatic hydroxyl groups is 1. The van der Waals surface area contributed by atoms with Gasteiger partial charge in [0.25, 0.3) is 5.91 Å². The van der Waals surface area contributed by atoms with Crippen molar-refractivity contribution < 1.29 is 23.1 Å². The molecule has 0 saturated heterocycles. The number of nitrogens with two attached hydrogens (primary N) is 1. The number of amides is 1. The molecule has 10 heteroatoms. The van der Waals surface area contributed by atoms with Gasteiger partial charge in [0.1, 0.15) is 17.5 Å². The van der Waals surface area contributed by atoms with E-state index in [4.69, 9.17) is 22.1 Å². The van der Waals surface area contributed by atoms with Gasteiger partial charge in [0.05, 0.1) is 21.5 Å². The monoisotopic (exact) mass is 593 g/mol. The number of sulfone groups is 1. The van der Waals surface area contributed by atoms with E-state index in [0.29, 0.717) is 23.7 Å². The number of carbonyl (C=O) groups excluding carboxylic acids is 1. The number of primary amides is 1. The van der Waals surface area contributed by atoms with Crippen molar-refractivity contribution in [2.45, 2.75) is 48.3 Å². The highest BCUT2D eigenvalue weighted by molar-refractivity contribution is 7.91. The number of benzene rings is 3. The maximum absolute atomic E-state index is 13.4. The van der Waals surface area contributed by atoms with E-state index in [1.807, 2.05) is 44.2 Å². The van der Waals surface area contributed by atoms with E-state index in [9.17, 15) is 18.3 Å². The fraction of sp³-hybridized carbons (Fsp3) is 0.226. The Morgan fingerprint density at radius 3 is 2.32 bits per heavy atom. The molecule has 41 heavy (non-hydrogen) atoms. The third-order valence-corrected chi connectivity index (χ3v) is 8.54. The largest absolute Gasteiger partial charge is 0.488 e. The Labute approximate surface area is 245 Å². The third kappa shape index (κ3) is 7.92. The van der Waals surface area contributed by atoms with Crippen LogP contribution in [0.1, 0.15) is 47.0 Å². The van der Waals surface area contributed by atoms with Gasteiger partial charge in [-0.05, 0) is 67.8 Å². The molecule has 4 N–H and O–H groups in total. The van der Waals surface area contributed by atoms with E-state index in [-0.39, 0.29) is 27.7 Å². The van der Waals surface area contributed by atoms with Crippen LogP contribution in [-0.2, 0) is 22.9 Å². The summed E-state index contributed by atoms with van der Waals surface area (Å²) in [6.07, 6.45) is 1.36. The molecule has 3 aromatic carbocycles. The van der Waals surface area contributed by atoms with Crippen molar-refractivity contribution in [2.24, 2.45) is 5.73 Å². The van der Waals surface area contributed by atoms with Crippen molar-refractivity contribution in [1.82, 2.24) is 10.3 Å². The van der Waals surface area contributed by atoms with Gasteiger partial charge in [-0.3, -0.25) is 4.79 Å². The Morgan fingerprint density at radius 1 is 1.00 bits per heavy atom. The first kappa shape index (κ1) is 30.2. The first-order chi connectivity index (χ1) is 19.4. The van der Waals surface area contributed by atoms with E-state index < -0.39 is 27.4 Å². The number of nitrogens with zero attached hydrogens (tertiary/aromatic N) is 1. The molecule has 4 rings (SSSR count). The van der Waals surface area contributed by atoms with Crippen LogP contribution in [0, 0.1) is 0 Å². The summed E-state index contributed by atoms with van der Waals surface area (Å²) in [5.41, 5.74) is 7.61. The van der Waals surface area contributed by atoms with Crippen LogP contribution in [0.3, 0.4) is 0 Å². The Hall–Kier alpha value is -3.76. The lowest BCUT2D eigenvalue weighted by Gasteiger charge is -2.28. The van der Waals surface area contributed by atoms with Crippen molar-refractivity contribution in [3.05, 3.63) is 119 Å². The molecule has 0 unspecified atom stereocenters. The van der Waals surface area contributed by atoms with Gasteiger partial charge in [0, 0.05) is 23.8 Å². The van der Waals surface area contributed by atoms with Crippen LogP contribution in [-0.4, -0.2) is 36.5 Å². The summed E-state index contributed by atoms with van der Waals surface area (Å²) < 4.78 is 32.5. The van der Waals surface area contributed by atoms with E-state index in [0.717, 1.165) is 11.1 Å². The van der Waals surface area contributed by atoms with Gasteiger partial charge in [0.15, 0.2) is 0 Å². The molecular weight excluding hydrogens is 562 g/mol. The minimum absolute atomic E-state index is 0.0111. The number of rotatable bonds is 12. The molecule has 0 aliphatic carbocycles. The number of nitrogens with one attached hydrogen (secondary N) is 1. The fourth-order valence-electron chi connectivity index (χ4n) is 4.30. The first-order valence-electron chi connectivity index (χ1n) is 12.9. The van der Waals surface area contributed by atoms with E-state index in [2.05, 4.69) is 10.3 Å². The average molecular weight is 594 g/mol. The SMILES string of the molecule is CC(C)(Cc1ccc(S(=O)(=O)c2ccc(OCc3ccccc3)c(C(N)=O)c2)cc1)NC[C@H](O)c1ccc(Cl)nc1. The summed E-state index contributed by atoms with van der Waals surface area (Å²) in [7, 11) is -3.92. The topological polar surface area (TPSA) is 132 Å². The molecule has 1 amide bonds. The number of hydrogen-bond acceptors (Lipinski definition) is 7. The van der Waals surface area contributed by atoms with Gasteiger partial charge in [-0.2, -0.15) is 0 Å². The van der Waals surface area contributed by atoms with Gasteiger partial charge >= 0.3 is 0 Å². The van der Waals surface area contributed by atoms with Crippen molar-refractivity contribution in [3.63, 3.8) is 0 Å². The standard InChI is InChI=1S/C31H32ClN3O5S/c1-31(2,35-19-27(36)23-10-15-29(32)34-18-23)17-21-8-11-24(12-9-21)41(38,39)25-13-14-28(26(16-25)30(33)37)40-20-22-6-4-3-5-7-22/h3-16,18,27,35-36H,17,19-20H2,1-2H3,(H2,33,37)/t27-/m0/s1. The molecule has 0 aliphatic heterocycles. The lowest BCUT2D eigenvalue weighted by atomic mass is 9.94. The number of aliphatic hydroxyl groups excluding tert-OH is 1. The van der Waals surface area contributed by atoms with Crippen molar-refractivity contribution in [3.8, 4) is 5.75 Å². The zero-order valence-electron chi connectivity index (χ0n) is 22.7. The predicted octanol–water partition coefficient (Wildman–Crippen LogP) is 4.89. The van der Waals surface area contributed by atoms with Crippen LogP contribution in [0.2, 0.25) is 5.15 Å². The number of halogens is 1. The smallest absolute Gasteiger partial charge is 0.252 e. The highest BCUT2D eigenvalue weighted by atomic mass is 35.5. The number of carbonyl (C=O) groups is 1. The van der Waals surface area contributed by atoms with Crippen molar-refractivity contribution >= 4 is 27.3 Å². The number of pyridine rings is 1. The molecule has 1 atom stereocenters.